The molecule has 0 spiro atoms. The molecule has 20 heavy (non-hydrogen) atoms. The fourth-order valence-electron chi connectivity index (χ4n) is 1.95. The fourth-order valence-corrected chi connectivity index (χ4v) is 1.95. The van der Waals surface area contributed by atoms with E-state index in [-0.39, 0.29) is 24.2 Å². The molecule has 2 rings (SSSR count). The minimum absolute atomic E-state index is 0.0553. The van der Waals surface area contributed by atoms with Crippen molar-refractivity contribution < 1.29 is 14.1 Å². The van der Waals surface area contributed by atoms with Gasteiger partial charge in [0.15, 0.2) is 11.6 Å². The normalized spacial score (nSPS) is 11.6. The van der Waals surface area contributed by atoms with Gasteiger partial charge in [0.05, 0.1) is 11.8 Å². The third kappa shape index (κ3) is 3.11. The van der Waals surface area contributed by atoms with Crippen LogP contribution in [0.5, 0.6) is 0 Å². The molecule has 0 fully saturated rings. The molecule has 1 heterocycles. The molecule has 0 N–H and O–H groups in total. The number of carbonyl (C=O) groups excluding carboxylic acids is 1. The summed E-state index contributed by atoms with van der Waals surface area (Å²) in [6.45, 7) is 4.10. The highest BCUT2D eigenvalue weighted by molar-refractivity contribution is 5.81. The summed E-state index contributed by atoms with van der Waals surface area (Å²) < 4.78 is 9.93. The fraction of sp³-hybridized carbons (Fsp3) is 0.400. The van der Waals surface area contributed by atoms with E-state index < -0.39 is 0 Å². The molecule has 0 radical (unpaired) electrons. The average molecular weight is 274 g/mol. The Morgan fingerprint density at radius 1 is 1.30 bits per heavy atom. The summed E-state index contributed by atoms with van der Waals surface area (Å²) >= 11 is 0. The summed E-state index contributed by atoms with van der Waals surface area (Å²) in [7, 11) is 1.48. The lowest BCUT2D eigenvalue weighted by Crippen LogP contribution is -2.20. The smallest absolute Gasteiger partial charge is 0.234 e. The number of methoxy groups -OCH3 is 1. The van der Waals surface area contributed by atoms with Crippen molar-refractivity contribution in [3.63, 3.8) is 0 Å². The highest BCUT2D eigenvalue weighted by atomic mass is 16.5. The van der Waals surface area contributed by atoms with Gasteiger partial charge < -0.3 is 9.26 Å². The monoisotopic (exact) mass is 274 g/mol. The second-order valence-corrected chi connectivity index (χ2v) is 5.15. The van der Waals surface area contributed by atoms with E-state index in [9.17, 15) is 4.79 Å². The molecule has 0 aliphatic rings. The second-order valence-electron chi connectivity index (χ2n) is 5.15. The van der Waals surface area contributed by atoms with E-state index in [4.69, 9.17) is 9.26 Å². The van der Waals surface area contributed by atoms with Crippen molar-refractivity contribution in [2.75, 3.05) is 13.7 Å². The Hall–Kier alpha value is -2.01. The molecule has 0 saturated heterocycles. The van der Waals surface area contributed by atoms with Gasteiger partial charge in [-0.3, -0.25) is 4.79 Å². The quantitative estimate of drug-likeness (QED) is 0.807. The van der Waals surface area contributed by atoms with Crippen LogP contribution in [0.1, 0.15) is 31.1 Å². The number of ketones is 1. The van der Waals surface area contributed by atoms with E-state index >= 15 is 0 Å². The number of benzene rings is 1. The lowest BCUT2D eigenvalue weighted by atomic mass is 9.84. The molecule has 106 valence electrons. The van der Waals surface area contributed by atoms with Crippen molar-refractivity contribution in [3.8, 4) is 0 Å². The second kappa shape index (κ2) is 5.96. The van der Waals surface area contributed by atoms with Gasteiger partial charge in [0, 0.05) is 7.11 Å². The third-order valence-corrected chi connectivity index (χ3v) is 3.18. The third-order valence-electron chi connectivity index (χ3n) is 3.18. The summed E-state index contributed by atoms with van der Waals surface area (Å²) in [6, 6.07) is 9.95. The highest BCUT2D eigenvalue weighted by Gasteiger charge is 2.29. The van der Waals surface area contributed by atoms with Gasteiger partial charge in [0.2, 0.25) is 5.89 Å². The van der Waals surface area contributed by atoms with Gasteiger partial charge in [-0.1, -0.05) is 35.5 Å². The molecule has 5 heteroatoms. The first-order valence-electron chi connectivity index (χ1n) is 6.43. The molecule has 0 aliphatic carbocycles. The van der Waals surface area contributed by atoms with Crippen LogP contribution in [0.4, 0.5) is 0 Å². The molecule has 1 aromatic carbocycles. The number of hydrogen-bond acceptors (Lipinski definition) is 5. The number of hydrogen-bond donors (Lipinski definition) is 0. The molecule has 0 unspecified atom stereocenters. The topological polar surface area (TPSA) is 65.2 Å². The van der Waals surface area contributed by atoms with Gasteiger partial charge in [0.1, 0.15) is 6.61 Å². The molecule has 0 bridgehead atoms. The first kappa shape index (κ1) is 14.4. The zero-order valence-corrected chi connectivity index (χ0v) is 11.9. The lowest BCUT2D eigenvalue weighted by molar-refractivity contribution is -0.122. The van der Waals surface area contributed by atoms with Crippen LogP contribution >= 0.6 is 0 Å². The standard InChI is InChI=1S/C15H18N2O3/c1-15(2,11-7-5-4-6-8-11)14-16-13(20-17-14)9-12(18)10-19-3/h4-8H,9-10H2,1-3H3. The number of Topliss-reactive ketones (excluding diaryl/α,β-unsaturated/α-hetero) is 1. The summed E-state index contributed by atoms with van der Waals surface area (Å²) in [6.07, 6.45) is 0.103. The minimum atomic E-state index is -0.368. The van der Waals surface area contributed by atoms with Gasteiger partial charge in [-0.15, -0.1) is 0 Å². The van der Waals surface area contributed by atoms with Crippen LogP contribution in [0, 0.1) is 0 Å². The summed E-state index contributed by atoms with van der Waals surface area (Å²) in [5.41, 5.74) is 0.725. The molecule has 0 aliphatic heterocycles. The summed E-state index contributed by atoms with van der Waals surface area (Å²) in [5, 5.41) is 4.00. The van der Waals surface area contributed by atoms with Crippen molar-refractivity contribution in [2.45, 2.75) is 25.7 Å². The van der Waals surface area contributed by atoms with E-state index in [1.807, 2.05) is 44.2 Å². The predicted molar refractivity (Wildman–Crippen MR) is 73.5 cm³/mol. The maximum absolute atomic E-state index is 11.5. The summed E-state index contributed by atoms with van der Waals surface area (Å²) in [4.78, 5) is 15.8. The first-order chi connectivity index (χ1) is 9.54. The zero-order chi connectivity index (χ0) is 14.6. The highest BCUT2D eigenvalue weighted by Crippen LogP contribution is 2.28. The van der Waals surface area contributed by atoms with Crippen molar-refractivity contribution in [3.05, 3.63) is 47.6 Å². The van der Waals surface area contributed by atoms with E-state index in [2.05, 4.69) is 10.1 Å². The predicted octanol–water partition coefficient (Wildman–Crippen LogP) is 2.15. The number of ether oxygens (including phenoxy) is 1. The molecule has 0 atom stereocenters. The first-order valence-corrected chi connectivity index (χ1v) is 6.43. The van der Waals surface area contributed by atoms with Crippen LogP contribution < -0.4 is 0 Å². The Morgan fingerprint density at radius 3 is 2.65 bits per heavy atom. The van der Waals surface area contributed by atoms with Gasteiger partial charge in [0.25, 0.3) is 0 Å². The van der Waals surface area contributed by atoms with Crippen LogP contribution in [0.15, 0.2) is 34.9 Å². The van der Waals surface area contributed by atoms with E-state index in [0.717, 1.165) is 5.56 Å². The average Bonchev–Trinajstić information content (AvgIpc) is 2.89. The van der Waals surface area contributed by atoms with Gasteiger partial charge in [-0.25, -0.2) is 0 Å². The molecular weight excluding hydrogens is 256 g/mol. The lowest BCUT2D eigenvalue weighted by Gasteiger charge is -2.20. The van der Waals surface area contributed by atoms with Crippen molar-refractivity contribution >= 4 is 5.78 Å². The van der Waals surface area contributed by atoms with Crippen LogP contribution in [0.2, 0.25) is 0 Å². The van der Waals surface area contributed by atoms with Gasteiger partial charge >= 0.3 is 0 Å². The maximum Gasteiger partial charge on any atom is 0.234 e. The molecule has 2 aromatic rings. The molecule has 5 nitrogen and oxygen atoms in total. The number of rotatable bonds is 6. The van der Waals surface area contributed by atoms with E-state index in [0.29, 0.717) is 11.7 Å². The van der Waals surface area contributed by atoms with Gasteiger partial charge in [-0.05, 0) is 19.4 Å². The largest absolute Gasteiger partial charge is 0.377 e. The Bertz CT molecular complexity index is 576. The molecule has 1 aromatic heterocycles. The number of nitrogens with zero attached hydrogens (tertiary/aromatic N) is 2. The van der Waals surface area contributed by atoms with E-state index in [1.54, 1.807) is 0 Å². The molecular formula is C15H18N2O3. The molecule has 0 saturated carbocycles. The molecule has 0 amide bonds. The van der Waals surface area contributed by atoms with Crippen LogP contribution in [-0.2, 0) is 21.4 Å². The SMILES string of the molecule is COCC(=O)Cc1nc(C(C)(C)c2ccccc2)no1. The Kier molecular flexibility index (Phi) is 4.29. The number of aromatic nitrogens is 2. The Labute approximate surface area is 118 Å². The van der Waals surface area contributed by atoms with Crippen LogP contribution in [0.3, 0.4) is 0 Å². The van der Waals surface area contributed by atoms with E-state index in [1.165, 1.54) is 7.11 Å². The van der Waals surface area contributed by atoms with Crippen LogP contribution in [-0.4, -0.2) is 29.6 Å². The van der Waals surface area contributed by atoms with Crippen molar-refractivity contribution in [2.24, 2.45) is 0 Å². The van der Waals surface area contributed by atoms with Crippen molar-refractivity contribution in [1.82, 2.24) is 10.1 Å². The van der Waals surface area contributed by atoms with Crippen molar-refractivity contribution in [1.29, 1.82) is 0 Å². The van der Waals surface area contributed by atoms with Gasteiger partial charge in [-0.2, -0.15) is 4.98 Å². The Morgan fingerprint density at radius 2 is 2.00 bits per heavy atom. The Balaban J connectivity index is 2.18. The zero-order valence-electron chi connectivity index (χ0n) is 11.9. The number of carbonyl (C=O) groups is 1. The summed E-state index contributed by atoms with van der Waals surface area (Å²) in [5.74, 6) is 0.815. The minimum Gasteiger partial charge on any atom is -0.377 e. The van der Waals surface area contributed by atoms with Crippen LogP contribution in [0.25, 0.3) is 0 Å². The maximum atomic E-state index is 11.5.